The van der Waals surface area contributed by atoms with Crippen LogP contribution >= 0.6 is 0 Å². The van der Waals surface area contributed by atoms with Gasteiger partial charge in [-0.25, -0.2) is 0 Å². The van der Waals surface area contributed by atoms with E-state index in [9.17, 15) is 4.79 Å². The topological polar surface area (TPSA) is 41.6 Å². The number of carbonyl (C=O) groups is 1. The molecular weight excluding hydrogens is 252 g/mol. The molecule has 1 fully saturated rings. The van der Waals surface area contributed by atoms with Gasteiger partial charge in [0.15, 0.2) is 0 Å². The summed E-state index contributed by atoms with van der Waals surface area (Å²) in [4.78, 5) is 14.7. The van der Waals surface area contributed by atoms with E-state index in [1.165, 1.54) is 6.42 Å². The first-order chi connectivity index (χ1) is 9.42. The third kappa shape index (κ3) is 4.74. The van der Waals surface area contributed by atoms with Crippen LogP contribution in [0.15, 0.2) is 0 Å². The zero-order valence-electron chi connectivity index (χ0n) is 13.9. The molecule has 0 amide bonds. The van der Waals surface area contributed by atoms with Crippen LogP contribution in [0.2, 0.25) is 0 Å². The van der Waals surface area contributed by atoms with Crippen LogP contribution in [-0.2, 0) is 9.53 Å². The van der Waals surface area contributed by atoms with Crippen LogP contribution in [0.3, 0.4) is 0 Å². The smallest absolute Gasteiger partial charge is 0.327 e. The molecule has 1 N–H and O–H groups in total. The van der Waals surface area contributed by atoms with Gasteiger partial charge in [-0.2, -0.15) is 0 Å². The Morgan fingerprint density at radius 1 is 1.45 bits per heavy atom. The average molecular weight is 284 g/mol. The first kappa shape index (κ1) is 17.4. The predicted octanol–water partition coefficient (Wildman–Crippen LogP) is 2.29. The summed E-state index contributed by atoms with van der Waals surface area (Å²) in [6.07, 6.45) is 2.26. The minimum absolute atomic E-state index is 0.124. The molecule has 118 valence electrons. The second kappa shape index (κ2) is 7.99. The quantitative estimate of drug-likeness (QED) is 0.694. The number of hydrogen-bond acceptors (Lipinski definition) is 4. The van der Waals surface area contributed by atoms with E-state index in [2.05, 4.69) is 31.0 Å². The van der Waals surface area contributed by atoms with Gasteiger partial charge < -0.3 is 15.0 Å². The van der Waals surface area contributed by atoms with Crippen molar-refractivity contribution in [1.82, 2.24) is 10.2 Å². The van der Waals surface area contributed by atoms with Crippen molar-refractivity contribution in [1.29, 1.82) is 0 Å². The first-order valence-electron chi connectivity index (χ1n) is 8.07. The van der Waals surface area contributed by atoms with Crippen LogP contribution in [0.4, 0.5) is 0 Å². The fourth-order valence-corrected chi connectivity index (χ4v) is 2.88. The van der Waals surface area contributed by atoms with Crippen molar-refractivity contribution in [2.75, 3.05) is 32.8 Å². The van der Waals surface area contributed by atoms with Gasteiger partial charge in [0.05, 0.1) is 6.61 Å². The van der Waals surface area contributed by atoms with Crippen molar-refractivity contribution >= 4 is 5.97 Å². The molecule has 4 nitrogen and oxygen atoms in total. The third-order valence-corrected chi connectivity index (χ3v) is 4.28. The van der Waals surface area contributed by atoms with Gasteiger partial charge in [0, 0.05) is 13.1 Å². The third-order valence-electron chi connectivity index (χ3n) is 4.28. The normalized spacial score (nSPS) is 23.0. The average Bonchev–Trinajstić information content (AvgIpc) is 2.85. The Balaban J connectivity index is 2.63. The molecule has 0 aliphatic carbocycles. The summed E-state index contributed by atoms with van der Waals surface area (Å²) in [6, 6.07) is 0. The Labute approximate surface area is 124 Å². The number of rotatable bonds is 8. The van der Waals surface area contributed by atoms with Crippen molar-refractivity contribution in [3.8, 4) is 0 Å². The molecule has 1 rings (SSSR count). The summed E-state index contributed by atoms with van der Waals surface area (Å²) in [5, 5.41) is 3.39. The molecule has 20 heavy (non-hydrogen) atoms. The van der Waals surface area contributed by atoms with Crippen LogP contribution in [0, 0.1) is 11.8 Å². The van der Waals surface area contributed by atoms with Crippen molar-refractivity contribution in [3.63, 3.8) is 0 Å². The van der Waals surface area contributed by atoms with Gasteiger partial charge in [-0.3, -0.25) is 4.79 Å². The molecule has 1 saturated heterocycles. The summed E-state index contributed by atoms with van der Waals surface area (Å²) >= 11 is 0. The van der Waals surface area contributed by atoms with Gasteiger partial charge in [-0.1, -0.05) is 20.8 Å². The first-order valence-corrected chi connectivity index (χ1v) is 8.07. The molecule has 1 aliphatic heterocycles. The second-order valence-corrected chi connectivity index (χ2v) is 6.51. The molecule has 0 aromatic carbocycles. The van der Waals surface area contributed by atoms with E-state index in [0.29, 0.717) is 6.61 Å². The molecule has 1 aliphatic rings. The Hall–Kier alpha value is -0.610. The highest BCUT2D eigenvalue weighted by molar-refractivity contribution is 5.80. The number of hydrogen-bond donors (Lipinski definition) is 1. The molecule has 0 saturated carbocycles. The van der Waals surface area contributed by atoms with E-state index < -0.39 is 5.54 Å². The summed E-state index contributed by atoms with van der Waals surface area (Å²) in [6.45, 7) is 14.7. The Morgan fingerprint density at radius 2 is 2.15 bits per heavy atom. The van der Waals surface area contributed by atoms with Gasteiger partial charge >= 0.3 is 5.97 Å². The standard InChI is InChI=1S/C16H32N2O2/c1-6-9-17-16(5,15(19)20-7-2)12-18-10-8-14(11-18)13(3)4/h13-14,17H,6-12H2,1-5H3. The van der Waals surface area contributed by atoms with Crippen LogP contribution in [0.25, 0.3) is 0 Å². The number of likely N-dealkylation sites (tertiary alicyclic amines) is 1. The predicted molar refractivity (Wildman–Crippen MR) is 82.7 cm³/mol. The van der Waals surface area contributed by atoms with Gasteiger partial charge in [0.2, 0.25) is 0 Å². The van der Waals surface area contributed by atoms with Gasteiger partial charge in [0.1, 0.15) is 5.54 Å². The lowest BCUT2D eigenvalue weighted by atomic mass is 9.95. The van der Waals surface area contributed by atoms with E-state index in [1.54, 1.807) is 0 Å². The van der Waals surface area contributed by atoms with Crippen LogP contribution < -0.4 is 5.32 Å². The fraction of sp³-hybridized carbons (Fsp3) is 0.938. The van der Waals surface area contributed by atoms with Crippen molar-refractivity contribution in [3.05, 3.63) is 0 Å². The zero-order valence-corrected chi connectivity index (χ0v) is 13.9. The van der Waals surface area contributed by atoms with Crippen LogP contribution in [-0.4, -0.2) is 49.2 Å². The number of nitrogens with zero attached hydrogens (tertiary/aromatic N) is 1. The van der Waals surface area contributed by atoms with Crippen LogP contribution in [0.1, 0.15) is 47.5 Å². The minimum atomic E-state index is -0.585. The molecule has 0 aromatic rings. The van der Waals surface area contributed by atoms with E-state index in [0.717, 1.165) is 44.4 Å². The van der Waals surface area contributed by atoms with Crippen molar-refractivity contribution < 1.29 is 9.53 Å². The molecule has 4 heteroatoms. The summed E-state index contributed by atoms with van der Waals surface area (Å²) in [5.74, 6) is 1.35. The maximum Gasteiger partial charge on any atom is 0.327 e. The second-order valence-electron chi connectivity index (χ2n) is 6.51. The molecule has 0 bridgehead atoms. The maximum atomic E-state index is 12.3. The van der Waals surface area contributed by atoms with E-state index >= 15 is 0 Å². The summed E-state index contributed by atoms with van der Waals surface area (Å²) < 4.78 is 5.26. The number of nitrogens with one attached hydrogen (secondary N) is 1. The molecule has 0 aromatic heterocycles. The Morgan fingerprint density at radius 3 is 2.65 bits per heavy atom. The molecule has 0 spiro atoms. The molecular formula is C16H32N2O2. The van der Waals surface area contributed by atoms with Gasteiger partial charge in [0.25, 0.3) is 0 Å². The highest BCUT2D eigenvalue weighted by atomic mass is 16.5. The van der Waals surface area contributed by atoms with Gasteiger partial charge in [-0.15, -0.1) is 0 Å². The monoisotopic (exact) mass is 284 g/mol. The lowest BCUT2D eigenvalue weighted by molar-refractivity contribution is -0.151. The molecule has 2 atom stereocenters. The summed E-state index contributed by atoms with van der Waals surface area (Å²) in [5.41, 5.74) is -0.585. The maximum absolute atomic E-state index is 12.3. The highest BCUT2D eigenvalue weighted by Gasteiger charge is 2.38. The lowest BCUT2D eigenvalue weighted by Crippen LogP contribution is -2.57. The Bertz CT molecular complexity index is 307. The van der Waals surface area contributed by atoms with Crippen LogP contribution in [0.5, 0.6) is 0 Å². The molecule has 2 unspecified atom stereocenters. The lowest BCUT2D eigenvalue weighted by Gasteiger charge is -2.33. The number of esters is 1. The SMILES string of the molecule is CCCNC(C)(CN1CCC(C(C)C)C1)C(=O)OCC. The van der Waals surface area contributed by atoms with E-state index in [-0.39, 0.29) is 5.97 Å². The van der Waals surface area contributed by atoms with E-state index in [4.69, 9.17) is 4.74 Å². The largest absolute Gasteiger partial charge is 0.465 e. The van der Waals surface area contributed by atoms with Crippen molar-refractivity contribution in [2.45, 2.75) is 53.0 Å². The van der Waals surface area contributed by atoms with E-state index in [1.807, 2.05) is 13.8 Å². The van der Waals surface area contributed by atoms with Crippen molar-refractivity contribution in [2.24, 2.45) is 11.8 Å². The van der Waals surface area contributed by atoms with Gasteiger partial charge in [-0.05, 0) is 51.6 Å². The fourth-order valence-electron chi connectivity index (χ4n) is 2.88. The molecule has 0 radical (unpaired) electrons. The number of ether oxygens (including phenoxy) is 1. The highest BCUT2D eigenvalue weighted by Crippen LogP contribution is 2.25. The Kier molecular flexibility index (Phi) is 6.96. The minimum Gasteiger partial charge on any atom is -0.465 e. The molecule has 1 heterocycles. The number of carbonyl (C=O) groups excluding carboxylic acids is 1. The zero-order chi connectivity index (χ0) is 15.2. The summed E-state index contributed by atoms with van der Waals surface area (Å²) in [7, 11) is 0.